The van der Waals surface area contributed by atoms with Crippen LogP contribution in [0.15, 0.2) is 126 Å². The Morgan fingerprint density at radius 2 is 1.02 bits per heavy atom. The summed E-state index contributed by atoms with van der Waals surface area (Å²) in [7, 11) is 1.90. The van der Waals surface area contributed by atoms with Gasteiger partial charge in [0, 0.05) is 66.6 Å². The number of benzene rings is 3. The Bertz CT molecular complexity index is 3460. The summed E-state index contributed by atoms with van der Waals surface area (Å²) in [6.07, 6.45) is 2.62. The van der Waals surface area contributed by atoms with Crippen LogP contribution in [0.5, 0.6) is 11.5 Å². The third-order valence-electron chi connectivity index (χ3n) is 15.0. The van der Waals surface area contributed by atoms with Crippen LogP contribution >= 0.6 is 20.1 Å². The van der Waals surface area contributed by atoms with Crippen LogP contribution in [0.3, 0.4) is 0 Å². The molecule has 0 saturated carbocycles. The lowest BCUT2D eigenvalue weighted by Crippen LogP contribution is -2.35. The van der Waals surface area contributed by atoms with Gasteiger partial charge in [-0.25, -0.2) is 19.1 Å². The highest BCUT2D eigenvalue weighted by Crippen LogP contribution is 2.50. The number of rotatable bonds is 19. The third-order valence-corrected chi connectivity index (χ3v) is 17.8. The summed E-state index contributed by atoms with van der Waals surface area (Å²) in [5, 5.41) is 37.1. The molecule has 88 heavy (non-hydrogen) atoms. The van der Waals surface area contributed by atoms with E-state index in [0.717, 1.165) is 28.2 Å². The third kappa shape index (κ3) is 17.5. The number of nitrogens with zero attached hydrogens (tertiary/aromatic N) is 5. The molecule has 6 aromatic rings. The van der Waals surface area contributed by atoms with E-state index in [-0.39, 0.29) is 43.4 Å². The first-order valence-corrected chi connectivity index (χ1v) is 30.6. The smallest absolute Gasteiger partial charge is 0.330 e. The van der Waals surface area contributed by atoms with Crippen LogP contribution in [0.2, 0.25) is 0 Å². The van der Waals surface area contributed by atoms with Crippen molar-refractivity contribution in [3.8, 4) is 17.6 Å². The zero-order valence-electron chi connectivity index (χ0n) is 51.5. The fraction of sp³-hybridized carbons (Fsp3) is 0.500. The lowest BCUT2D eigenvalue weighted by Gasteiger charge is -2.37. The van der Waals surface area contributed by atoms with Gasteiger partial charge in [0.25, 0.3) is 25.2 Å². The lowest BCUT2D eigenvalue weighted by atomic mass is 9.84. The number of nitrogens with one attached hydrogen (secondary N) is 3. The van der Waals surface area contributed by atoms with Crippen molar-refractivity contribution in [3.63, 3.8) is 0 Å². The van der Waals surface area contributed by atoms with Crippen LogP contribution in [0.4, 0.5) is 0 Å². The van der Waals surface area contributed by atoms with Gasteiger partial charge in [-0.2, -0.15) is 5.26 Å². The summed E-state index contributed by atoms with van der Waals surface area (Å²) < 4.78 is 46.1. The second-order valence-corrected chi connectivity index (χ2v) is 23.8. The van der Waals surface area contributed by atoms with E-state index in [1.807, 2.05) is 92.7 Å². The maximum absolute atomic E-state index is 12.3. The van der Waals surface area contributed by atoms with Crippen LogP contribution in [0.1, 0.15) is 132 Å². The molecule has 0 amide bonds. The van der Waals surface area contributed by atoms with Gasteiger partial charge >= 0.3 is 17.1 Å². The number of aliphatic hydroxyl groups is 3. The van der Waals surface area contributed by atoms with Crippen LogP contribution in [0, 0.1) is 32.1 Å². The largest absolute Gasteiger partial charge is 0.497 e. The fourth-order valence-corrected chi connectivity index (χ4v) is 12.4. The van der Waals surface area contributed by atoms with E-state index in [1.54, 1.807) is 35.0 Å². The maximum atomic E-state index is 12.3. The molecule has 3 saturated heterocycles. The first-order valence-electron chi connectivity index (χ1n) is 29.1. The van der Waals surface area contributed by atoms with Crippen LogP contribution in [-0.2, 0) is 28.1 Å². The number of alkyl halides is 1. The monoisotopic (exact) mass is 1260 g/mol. The predicted molar refractivity (Wildman–Crippen MR) is 332 cm³/mol. The van der Waals surface area contributed by atoms with E-state index < -0.39 is 84.1 Å². The molecule has 6 N–H and O–H groups in total. The van der Waals surface area contributed by atoms with Crippen LogP contribution in [0.25, 0.3) is 0 Å². The van der Waals surface area contributed by atoms with E-state index in [9.17, 15) is 39.0 Å². The Morgan fingerprint density at radius 3 is 1.39 bits per heavy atom. The maximum Gasteiger partial charge on any atom is 0.330 e. The number of aromatic amines is 3. The van der Waals surface area contributed by atoms with Gasteiger partial charge in [0.05, 0.1) is 70.4 Å². The molecule has 0 spiro atoms. The van der Waals surface area contributed by atoms with Crippen LogP contribution < -0.4 is 43.2 Å². The second kappa shape index (κ2) is 32.6. The minimum Gasteiger partial charge on any atom is -0.497 e. The molecular formula is C62H82ClN8O16P. The second-order valence-electron chi connectivity index (χ2n) is 21.8. The number of hydrogen-bond donors (Lipinski definition) is 6. The van der Waals surface area contributed by atoms with Gasteiger partial charge in [-0.1, -0.05) is 68.4 Å². The topological polar surface area (TPSA) is 317 Å². The minimum absolute atomic E-state index is 0.195. The van der Waals surface area contributed by atoms with E-state index in [4.69, 9.17) is 54.7 Å². The molecule has 6 heterocycles. The number of halogens is 1. The Morgan fingerprint density at radius 1 is 0.636 bits per heavy atom. The molecule has 10 atom stereocenters. The van der Waals surface area contributed by atoms with Crippen molar-refractivity contribution in [1.29, 1.82) is 5.26 Å². The highest BCUT2D eigenvalue weighted by atomic mass is 35.5. The summed E-state index contributed by atoms with van der Waals surface area (Å²) in [5.74, 6) is 1.61. The van der Waals surface area contributed by atoms with Crippen molar-refractivity contribution in [2.75, 3.05) is 27.4 Å². The molecular weight excluding hydrogens is 1180 g/mol. The number of methoxy groups -OCH3 is 2. The van der Waals surface area contributed by atoms with E-state index in [1.165, 1.54) is 32.3 Å². The summed E-state index contributed by atoms with van der Waals surface area (Å²) in [4.78, 5) is 75.5. The van der Waals surface area contributed by atoms with Gasteiger partial charge in [0.15, 0.2) is 0 Å². The van der Waals surface area contributed by atoms with Gasteiger partial charge in [-0.3, -0.25) is 43.0 Å². The number of H-pyrrole nitrogens is 3. The molecule has 3 fully saturated rings. The van der Waals surface area contributed by atoms with E-state index >= 15 is 0 Å². The molecule has 3 aromatic heterocycles. The molecule has 3 aliphatic heterocycles. The molecule has 3 aromatic carbocycles. The normalized spacial score (nSPS) is 21.8. The summed E-state index contributed by atoms with van der Waals surface area (Å²) >= 11 is 7.22. The number of ether oxygens (including phenoxy) is 5. The highest BCUT2D eigenvalue weighted by Gasteiger charge is 2.41. The summed E-state index contributed by atoms with van der Waals surface area (Å²) in [6.45, 7) is 17.1. The van der Waals surface area contributed by atoms with Gasteiger partial charge in [0.2, 0.25) is 0 Å². The number of aliphatic hydroxyl groups excluding tert-OH is 3. The van der Waals surface area contributed by atoms with Crippen molar-refractivity contribution < 1.29 is 48.1 Å². The van der Waals surface area contributed by atoms with Crippen molar-refractivity contribution in [2.24, 2.45) is 0 Å². The molecule has 478 valence electrons. The van der Waals surface area contributed by atoms with Gasteiger partial charge in [0.1, 0.15) is 41.2 Å². The average molecular weight is 1260 g/mol. The predicted octanol–water partition coefficient (Wildman–Crippen LogP) is 6.83. The Balaban J connectivity index is 0.000000192. The van der Waals surface area contributed by atoms with E-state index in [2.05, 4.69) is 53.4 Å². The van der Waals surface area contributed by atoms with Gasteiger partial charge in [-0.05, 0) is 102 Å². The van der Waals surface area contributed by atoms with Crippen molar-refractivity contribution in [3.05, 3.63) is 193 Å². The van der Waals surface area contributed by atoms with Crippen molar-refractivity contribution in [1.82, 2.24) is 33.3 Å². The Kier molecular flexibility index (Phi) is 26.0. The number of nitriles is 1. The standard InChI is InChI=1S/C21H19ClO2.C20H33N4O5P.C11H16N2O4.C10H14N2O5/c1-23-19-12-8-17(9-13-19)21(22,16-6-4-3-5-7-16)18-10-14-20(24-2)15-11-18;1-7-16-17(11-18(28-16)23-12-15(6)19(25)22-20(23)26)29-30(27-10-8-9-21)24(13(2)3)14(4)5;1-3-8-7(14)4-9(17-8)13-5-6(2)10(15)12-11(13)16;1-5-3-12(10(16)11-9(5)15)8-2-6(14)7(4-13)17-8/h3-15H,1-2H3;12-14,16-18H,7-8,10-11H2,1-6H3,(H,22,25,26);5,7-9,14H,3-4H2,1-2H3,(H,12,15,16);3,6-8,13-14H,2,4H2,1H3,(H,11,15,16)/t;16-,17-,18+,30?;7-,8-,9+;6-,7-,8+/m.000/s1. The molecule has 1 unspecified atom stereocenters. The number of aryl methyl sites for hydroxylation is 3. The van der Waals surface area contributed by atoms with Gasteiger partial charge < -0.3 is 48.1 Å². The minimum atomic E-state index is -1.41. The summed E-state index contributed by atoms with van der Waals surface area (Å²) in [6, 6.07) is 28.3. The zero-order valence-corrected chi connectivity index (χ0v) is 53.1. The average Bonchev–Trinajstić information content (AvgIpc) is 1.37. The van der Waals surface area contributed by atoms with Crippen LogP contribution in [-0.4, -0.2) is 125 Å². The van der Waals surface area contributed by atoms with Crippen molar-refractivity contribution >= 4 is 20.1 Å². The SMILES string of the molecule is CC[C@@H]1O[C@@H](n2cc(C)c(=O)[nH]c2=O)C[C@@H]1O.CC[C@@H]1O[C@@H](n2cc(C)c(=O)[nH]c2=O)C[C@@H]1OP(OCCC#N)N(C(C)C)C(C)C.COc1ccc(C(Cl)(c2ccccc2)c2ccc(OC)cc2)cc1.Cc1cn([C@H]2C[C@H](O)[C@H](CO)O2)c(=O)[nH]c1=O. The zero-order chi connectivity index (χ0) is 64.6. The molecule has 9 rings (SSSR count). The Labute approximate surface area is 516 Å². The lowest BCUT2D eigenvalue weighted by molar-refractivity contribution is -0.0459. The van der Waals surface area contributed by atoms with Gasteiger partial charge in [-0.15, -0.1) is 11.6 Å². The Hall–Kier alpha value is -6.85. The molecule has 0 radical (unpaired) electrons. The molecule has 0 aliphatic carbocycles. The highest BCUT2D eigenvalue weighted by molar-refractivity contribution is 7.44. The fourth-order valence-electron chi connectivity index (χ4n) is 10.3. The van der Waals surface area contributed by atoms with E-state index in [0.29, 0.717) is 55.4 Å². The first-order chi connectivity index (χ1) is 41.9. The molecule has 0 bridgehead atoms. The quantitative estimate of drug-likeness (QED) is 0.0209. The molecule has 24 nitrogen and oxygen atoms in total. The van der Waals surface area contributed by atoms with Crippen molar-refractivity contribution in [2.45, 2.75) is 173 Å². The molecule has 3 aliphatic rings. The first kappa shape index (κ1) is 70.2. The molecule has 26 heteroatoms. The summed E-state index contributed by atoms with van der Waals surface area (Å²) in [5.41, 5.74) is 1.45. The number of aromatic nitrogens is 6. The number of hydrogen-bond acceptors (Lipinski definition) is 18.